The second-order valence-corrected chi connectivity index (χ2v) is 6.27. The maximum absolute atomic E-state index is 12.7. The number of benzene rings is 1. The van der Waals surface area contributed by atoms with Crippen molar-refractivity contribution in [1.82, 2.24) is 10.2 Å². The second kappa shape index (κ2) is 6.16. The summed E-state index contributed by atoms with van der Waals surface area (Å²) in [4.78, 5) is 14.5. The Hall–Kier alpha value is -1.39. The number of rotatable bonds is 2. The smallest absolute Gasteiger partial charge is 0.240 e. The third-order valence-electron chi connectivity index (χ3n) is 4.92. The summed E-state index contributed by atoms with van der Waals surface area (Å²) in [5.41, 5.74) is 2.54. The van der Waals surface area contributed by atoms with E-state index in [1.807, 2.05) is 19.2 Å². The van der Waals surface area contributed by atoms with Crippen molar-refractivity contribution in [1.29, 1.82) is 0 Å². The van der Waals surface area contributed by atoms with E-state index < -0.39 is 0 Å². The fraction of sp³-hybridized carbons (Fsp3) is 0.588. The van der Waals surface area contributed by atoms with E-state index in [9.17, 15) is 9.90 Å². The first kappa shape index (κ1) is 14.5. The molecule has 0 spiro atoms. The first-order chi connectivity index (χ1) is 10.2. The zero-order valence-corrected chi connectivity index (χ0v) is 12.6. The summed E-state index contributed by atoms with van der Waals surface area (Å²) in [5.74, 6) is 0.107. The van der Waals surface area contributed by atoms with Gasteiger partial charge in [0.15, 0.2) is 0 Å². The van der Waals surface area contributed by atoms with Crippen molar-refractivity contribution in [3.63, 3.8) is 0 Å². The molecule has 1 fully saturated rings. The summed E-state index contributed by atoms with van der Waals surface area (Å²) in [6, 6.07) is 8.08. The Kier molecular flexibility index (Phi) is 4.27. The fourth-order valence-corrected chi connectivity index (χ4v) is 3.58. The second-order valence-electron chi connectivity index (χ2n) is 6.27. The minimum atomic E-state index is -0.372. The molecular formula is C17H24N2O2. The Balaban J connectivity index is 1.68. The lowest BCUT2D eigenvalue weighted by Gasteiger charge is -2.38. The number of carbonyl (C=O) groups is 1. The quantitative estimate of drug-likeness (QED) is 0.866. The van der Waals surface area contributed by atoms with E-state index in [1.54, 1.807) is 4.90 Å². The maximum atomic E-state index is 12.7. The number of amides is 1. The Labute approximate surface area is 126 Å². The van der Waals surface area contributed by atoms with Gasteiger partial charge in [-0.25, -0.2) is 0 Å². The predicted molar refractivity (Wildman–Crippen MR) is 81.8 cm³/mol. The topological polar surface area (TPSA) is 52.6 Å². The number of hydrogen-bond donors (Lipinski definition) is 2. The van der Waals surface area contributed by atoms with Crippen molar-refractivity contribution in [2.45, 2.75) is 56.8 Å². The SMILES string of the molecule is CN(C(=O)[C@@H]1Cc2ccccc2CN1)C1CCCCC1O. The van der Waals surface area contributed by atoms with E-state index in [0.29, 0.717) is 0 Å². The number of carbonyl (C=O) groups excluding carboxylic acids is 1. The van der Waals surface area contributed by atoms with Crippen molar-refractivity contribution >= 4 is 5.91 Å². The molecular weight excluding hydrogens is 264 g/mol. The molecule has 1 aliphatic carbocycles. The molecule has 0 bridgehead atoms. The van der Waals surface area contributed by atoms with Crippen molar-refractivity contribution < 1.29 is 9.90 Å². The van der Waals surface area contributed by atoms with Crippen LogP contribution in [0.25, 0.3) is 0 Å². The van der Waals surface area contributed by atoms with Crippen molar-refractivity contribution in [3.05, 3.63) is 35.4 Å². The summed E-state index contributed by atoms with van der Waals surface area (Å²) in [6.07, 6.45) is 4.25. The zero-order valence-electron chi connectivity index (χ0n) is 12.6. The largest absolute Gasteiger partial charge is 0.391 e. The molecule has 1 amide bonds. The highest BCUT2D eigenvalue weighted by Crippen LogP contribution is 2.24. The van der Waals surface area contributed by atoms with Crippen LogP contribution in [0.4, 0.5) is 0 Å². The summed E-state index contributed by atoms with van der Waals surface area (Å²) in [7, 11) is 1.84. The summed E-state index contributed by atoms with van der Waals surface area (Å²) >= 11 is 0. The van der Waals surface area contributed by atoms with Gasteiger partial charge >= 0.3 is 0 Å². The van der Waals surface area contributed by atoms with Crippen LogP contribution in [-0.2, 0) is 17.8 Å². The van der Waals surface area contributed by atoms with Crippen molar-refractivity contribution in [2.75, 3.05) is 7.05 Å². The molecule has 3 atom stereocenters. The normalized spacial score (nSPS) is 28.8. The molecule has 2 unspecified atom stereocenters. The number of aliphatic hydroxyl groups is 1. The molecule has 2 aliphatic rings. The molecule has 1 saturated carbocycles. The Morgan fingerprint density at radius 3 is 2.71 bits per heavy atom. The van der Waals surface area contributed by atoms with Gasteiger partial charge in [-0.1, -0.05) is 37.1 Å². The number of aliphatic hydroxyl groups excluding tert-OH is 1. The van der Waals surface area contributed by atoms with Crippen molar-refractivity contribution in [2.24, 2.45) is 0 Å². The van der Waals surface area contributed by atoms with E-state index in [-0.39, 0.29) is 24.1 Å². The molecule has 4 nitrogen and oxygen atoms in total. The molecule has 21 heavy (non-hydrogen) atoms. The Bertz CT molecular complexity index is 517. The van der Waals surface area contributed by atoms with Crippen LogP contribution in [0.1, 0.15) is 36.8 Å². The molecule has 114 valence electrons. The average Bonchev–Trinajstić information content (AvgIpc) is 2.53. The monoisotopic (exact) mass is 288 g/mol. The summed E-state index contributed by atoms with van der Waals surface area (Å²) in [6.45, 7) is 0.744. The van der Waals surface area contributed by atoms with Gasteiger partial charge in [-0.2, -0.15) is 0 Å². The lowest BCUT2D eigenvalue weighted by molar-refractivity contribution is -0.137. The number of nitrogens with one attached hydrogen (secondary N) is 1. The van der Waals surface area contributed by atoms with E-state index in [4.69, 9.17) is 0 Å². The number of nitrogens with zero attached hydrogens (tertiary/aromatic N) is 1. The Morgan fingerprint density at radius 1 is 1.24 bits per heavy atom. The van der Waals surface area contributed by atoms with Gasteiger partial charge < -0.3 is 15.3 Å². The zero-order chi connectivity index (χ0) is 14.8. The first-order valence-corrected chi connectivity index (χ1v) is 7.91. The Morgan fingerprint density at radius 2 is 1.95 bits per heavy atom. The van der Waals surface area contributed by atoms with E-state index in [2.05, 4.69) is 17.4 Å². The lowest BCUT2D eigenvalue weighted by atomic mass is 9.90. The first-order valence-electron chi connectivity index (χ1n) is 7.91. The molecule has 0 saturated heterocycles. The highest BCUT2D eigenvalue weighted by Gasteiger charge is 2.33. The number of hydrogen-bond acceptors (Lipinski definition) is 3. The van der Waals surface area contributed by atoms with Crippen molar-refractivity contribution in [3.8, 4) is 0 Å². The van der Waals surface area contributed by atoms with Crippen LogP contribution in [0.5, 0.6) is 0 Å². The summed E-state index contributed by atoms with van der Waals surface area (Å²) < 4.78 is 0. The van der Waals surface area contributed by atoms with Gasteiger partial charge in [0.05, 0.1) is 18.2 Å². The molecule has 3 rings (SSSR count). The molecule has 2 N–H and O–H groups in total. The van der Waals surface area contributed by atoms with Gasteiger partial charge in [-0.05, 0) is 30.4 Å². The third-order valence-corrected chi connectivity index (χ3v) is 4.92. The fourth-order valence-electron chi connectivity index (χ4n) is 3.58. The van der Waals surface area contributed by atoms with Crippen LogP contribution < -0.4 is 5.32 Å². The molecule has 1 aromatic carbocycles. The van der Waals surface area contributed by atoms with Gasteiger partial charge in [0.2, 0.25) is 5.91 Å². The van der Waals surface area contributed by atoms with E-state index in [0.717, 1.165) is 38.6 Å². The van der Waals surface area contributed by atoms with Crippen LogP contribution in [0.2, 0.25) is 0 Å². The maximum Gasteiger partial charge on any atom is 0.240 e. The van der Waals surface area contributed by atoms with Gasteiger partial charge in [-0.15, -0.1) is 0 Å². The van der Waals surface area contributed by atoms with Gasteiger partial charge in [-0.3, -0.25) is 4.79 Å². The predicted octanol–water partition coefficient (Wildman–Crippen LogP) is 1.46. The molecule has 0 radical (unpaired) electrons. The van der Waals surface area contributed by atoms with Crippen LogP contribution in [0.15, 0.2) is 24.3 Å². The lowest BCUT2D eigenvalue weighted by Crippen LogP contribution is -2.54. The van der Waals surface area contributed by atoms with Gasteiger partial charge in [0.1, 0.15) is 0 Å². The molecule has 1 aliphatic heterocycles. The third kappa shape index (κ3) is 2.97. The summed E-state index contributed by atoms with van der Waals surface area (Å²) in [5, 5.41) is 13.5. The van der Waals surface area contributed by atoms with Gasteiger partial charge in [0.25, 0.3) is 0 Å². The number of fused-ring (bicyclic) bond motifs is 1. The van der Waals surface area contributed by atoms with Crippen LogP contribution in [0.3, 0.4) is 0 Å². The molecule has 1 heterocycles. The number of likely N-dealkylation sites (N-methyl/N-ethyl adjacent to an activating group) is 1. The highest BCUT2D eigenvalue weighted by atomic mass is 16.3. The highest BCUT2D eigenvalue weighted by molar-refractivity contribution is 5.82. The molecule has 4 heteroatoms. The van der Waals surface area contributed by atoms with Crippen LogP contribution in [0, 0.1) is 0 Å². The van der Waals surface area contributed by atoms with E-state index in [1.165, 1.54) is 11.1 Å². The standard InChI is InChI=1S/C17H24N2O2/c1-19(15-8-4-5-9-16(15)20)17(21)14-10-12-6-2-3-7-13(12)11-18-14/h2-3,6-7,14-16,18,20H,4-5,8-11H2,1H3/t14-,15?,16?/m0/s1. The molecule has 0 aromatic heterocycles. The minimum absolute atomic E-state index is 0.0229. The molecule has 1 aromatic rings. The van der Waals surface area contributed by atoms with Crippen LogP contribution >= 0.6 is 0 Å². The van der Waals surface area contributed by atoms with Gasteiger partial charge in [0, 0.05) is 13.6 Å². The van der Waals surface area contributed by atoms with Crippen LogP contribution in [-0.4, -0.2) is 41.1 Å². The minimum Gasteiger partial charge on any atom is -0.391 e. The van der Waals surface area contributed by atoms with E-state index >= 15 is 0 Å². The average molecular weight is 288 g/mol.